The molecule has 0 N–H and O–H groups in total. The van der Waals surface area contributed by atoms with Gasteiger partial charge in [-0.3, -0.25) is 14.5 Å². The summed E-state index contributed by atoms with van der Waals surface area (Å²) in [6.07, 6.45) is 2.66. The van der Waals surface area contributed by atoms with Crippen LogP contribution in [0.5, 0.6) is 5.75 Å². The first-order chi connectivity index (χ1) is 12.7. The van der Waals surface area contributed by atoms with Crippen LogP contribution in [0.3, 0.4) is 0 Å². The Bertz CT molecular complexity index is 862. The number of amides is 2. The summed E-state index contributed by atoms with van der Waals surface area (Å²) in [7, 11) is 1.54. The minimum atomic E-state index is -0.286. The minimum Gasteiger partial charge on any atom is -0.493 e. The highest BCUT2D eigenvalue weighted by molar-refractivity contribution is 8.18. The highest BCUT2D eigenvalue weighted by Gasteiger charge is 2.34. The summed E-state index contributed by atoms with van der Waals surface area (Å²) in [5.74, 6) is 0.431. The van der Waals surface area contributed by atoms with E-state index in [9.17, 15) is 9.59 Å². The summed E-state index contributed by atoms with van der Waals surface area (Å²) >= 11 is 0.956. The Morgan fingerprint density at radius 2 is 1.92 bits per heavy atom. The van der Waals surface area contributed by atoms with Crippen LogP contribution in [0, 0.1) is 0 Å². The standard InChI is InChI=1S/C20H21NO4S/c1-3-11-25-17-9-8-14-6-4-5-7-15(14)16(17)13-18-19(22)21(10-12-24-2)20(23)26-18/h4-9,13H,3,10-12H2,1-2H3/b18-13-. The van der Waals surface area contributed by atoms with Crippen LogP contribution < -0.4 is 4.74 Å². The van der Waals surface area contributed by atoms with Gasteiger partial charge in [0.2, 0.25) is 0 Å². The predicted molar refractivity (Wildman–Crippen MR) is 104 cm³/mol. The van der Waals surface area contributed by atoms with Crippen molar-refractivity contribution in [2.75, 3.05) is 26.9 Å². The molecule has 26 heavy (non-hydrogen) atoms. The van der Waals surface area contributed by atoms with Crippen molar-refractivity contribution in [1.29, 1.82) is 0 Å². The number of hydrogen-bond acceptors (Lipinski definition) is 5. The number of carbonyl (C=O) groups excluding carboxylic acids is 2. The molecule has 2 aromatic rings. The molecule has 0 radical (unpaired) electrons. The van der Waals surface area contributed by atoms with Crippen LogP contribution in [0.1, 0.15) is 18.9 Å². The third-order valence-corrected chi connectivity index (χ3v) is 4.97. The average molecular weight is 371 g/mol. The van der Waals surface area contributed by atoms with Crippen LogP contribution >= 0.6 is 11.8 Å². The summed E-state index contributed by atoms with van der Waals surface area (Å²) in [6.45, 7) is 3.22. The van der Waals surface area contributed by atoms with Crippen molar-refractivity contribution in [2.24, 2.45) is 0 Å². The lowest BCUT2D eigenvalue weighted by Crippen LogP contribution is -2.31. The predicted octanol–water partition coefficient (Wildman–Crippen LogP) is 4.31. The van der Waals surface area contributed by atoms with Gasteiger partial charge in [0.25, 0.3) is 11.1 Å². The number of hydrogen-bond donors (Lipinski definition) is 0. The molecular formula is C20H21NO4S. The molecule has 1 aliphatic heterocycles. The van der Waals surface area contributed by atoms with Gasteiger partial charge in [-0.15, -0.1) is 0 Å². The summed E-state index contributed by atoms with van der Waals surface area (Å²) in [4.78, 5) is 26.4. The first kappa shape index (κ1) is 18.5. The van der Waals surface area contributed by atoms with E-state index in [1.54, 1.807) is 13.2 Å². The first-order valence-electron chi connectivity index (χ1n) is 8.54. The van der Waals surface area contributed by atoms with Gasteiger partial charge < -0.3 is 9.47 Å². The Balaban J connectivity index is 2.02. The summed E-state index contributed by atoms with van der Waals surface area (Å²) in [6, 6.07) is 11.8. The molecule has 6 heteroatoms. The maximum atomic E-state index is 12.6. The Morgan fingerprint density at radius 1 is 1.12 bits per heavy atom. The van der Waals surface area contributed by atoms with Crippen molar-refractivity contribution in [3.05, 3.63) is 46.9 Å². The van der Waals surface area contributed by atoms with Crippen LogP contribution in [0.4, 0.5) is 4.79 Å². The Morgan fingerprint density at radius 3 is 2.69 bits per heavy atom. The molecule has 0 spiro atoms. The normalized spacial score (nSPS) is 16.1. The summed E-state index contributed by atoms with van der Waals surface area (Å²) in [5, 5.41) is 1.78. The lowest BCUT2D eigenvalue weighted by molar-refractivity contribution is -0.123. The van der Waals surface area contributed by atoms with E-state index in [1.807, 2.05) is 43.3 Å². The van der Waals surface area contributed by atoms with Crippen molar-refractivity contribution in [3.63, 3.8) is 0 Å². The minimum absolute atomic E-state index is 0.257. The van der Waals surface area contributed by atoms with E-state index in [2.05, 4.69) is 0 Å². The molecule has 0 atom stereocenters. The van der Waals surface area contributed by atoms with E-state index in [-0.39, 0.29) is 17.7 Å². The molecule has 0 aliphatic carbocycles. The number of methoxy groups -OCH3 is 1. The number of fused-ring (bicyclic) bond motifs is 1. The molecule has 1 saturated heterocycles. The van der Waals surface area contributed by atoms with Gasteiger partial charge >= 0.3 is 0 Å². The maximum absolute atomic E-state index is 12.6. The average Bonchev–Trinajstić information content (AvgIpc) is 2.92. The topological polar surface area (TPSA) is 55.8 Å². The van der Waals surface area contributed by atoms with Crippen molar-refractivity contribution in [3.8, 4) is 5.75 Å². The Kier molecular flexibility index (Phi) is 5.96. The van der Waals surface area contributed by atoms with E-state index >= 15 is 0 Å². The fourth-order valence-corrected chi connectivity index (χ4v) is 3.62. The number of thioether (sulfide) groups is 1. The van der Waals surface area contributed by atoms with Gasteiger partial charge in [0.1, 0.15) is 5.75 Å². The van der Waals surface area contributed by atoms with E-state index in [0.29, 0.717) is 23.9 Å². The molecule has 2 amide bonds. The lowest BCUT2D eigenvalue weighted by atomic mass is 10.0. The lowest BCUT2D eigenvalue weighted by Gasteiger charge is -2.12. The number of nitrogens with zero attached hydrogens (tertiary/aromatic N) is 1. The van der Waals surface area contributed by atoms with Crippen molar-refractivity contribution in [1.82, 2.24) is 4.90 Å². The monoisotopic (exact) mass is 371 g/mol. The number of rotatable bonds is 7. The zero-order valence-corrected chi connectivity index (χ0v) is 15.7. The van der Waals surface area contributed by atoms with Crippen LogP contribution in [0.2, 0.25) is 0 Å². The summed E-state index contributed by atoms with van der Waals surface area (Å²) < 4.78 is 10.9. The number of carbonyl (C=O) groups is 2. The van der Waals surface area contributed by atoms with Crippen LogP contribution in [0.25, 0.3) is 16.8 Å². The maximum Gasteiger partial charge on any atom is 0.293 e. The second kappa shape index (κ2) is 8.38. The molecule has 136 valence electrons. The van der Waals surface area contributed by atoms with E-state index in [0.717, 1.165) is 34.5 Å². The number of benzene rings is 2. The van der Waals surface area contributed by atoms with Gasteiger partial charge in [0.05, 0.1) is 24.7 Å². The number of ether oxygens (including phenoxy) is 2. The zero-order chi connectivity index (χ0) is 18.5. The first-order valence-corrected chi connectivity index (χ1v) is 9.36. The van der Waals surface area contributed by atoms with Gasteiger partial charge in [-0.25, -0.2) is 0 Å². The van der Waals surface area contributed by atoms with Gasteiger partial charge in [0.15, 0.2) is 0 Å². The Labute approximate surface area is 157 Å². The van der Waals surface area contributed by atoms with Crippen molar-refractivity contribution >= 4 is 39.8 Å². The molecule has 5 nitrogen and oxygen atoms in total. The second-order valence-electron chi connectivity index (χ2n) is 5.87. The van der Waals surface area contributed by atoms with E-state index in [1.165, 1.54) is 4.90 Å². The van der Waals surface area contributed by atoms with E-state index < -0.39 is 0 Å². The zero-order valence-electron chi connectivity index (χ0n) is 14.9. The molecule has 2 aromatic carbocycles. The van der Waals surface area contributed by atoms with Crippen molar-refractivity contribution < 1.29 is 19.1 Å². The largest absolute Gasteiger partial charge is 0.493 e. The van der Waals surface area contributed by atoms with Crippen LogP contribution in [0.15, 0.2) is 41.3 Å². The van der Waals surface area contributed by atoms with Gasteiger partial charge in [-0.2, -0.15) is 0 Å². The molecule has 1 fully saturated rings. The molecule has 1 aliphatic rings. The van der Waals surface area contributed by atoms with Crippen molar-refractivity contribution in [2.45, 2.75) is 13.3 Å². The molecule has 0 saturated carbocycles. The number of imide groups is 1. The van der Waals surface area contributed by atoms with Crippen LogP contribution in [-0.4, -0.2) is 42.9 Å². The second-order valence-corrected chi connectivity index (χ2v) is 6.87. The molecule has 1 heterocycles. The highest BCUT2D eigenvalue weighted by Crippen LogP contribution is 2.36. The highest BCUT2D eigenvalue weighted by atomic mass is 32.2. The quantitative estimate of drug-likeness (QED) is 0.679. The van der Waals surface area contributed by atoms with Gasteiger partial charge in [0, 0.05) is 12.7 Å². The van der Waals surface area contributed by atoms with Gasteiger partial charge in [-0.05, 0) is 41.1 Å². The fourth-order valence-electron chi connectivity index (χ4n) is 2.77. The molecule has 0 aromatic heterocycles. The SMILES string of the molecule is CCCOc1ccc2ccccc2c1/C=C1\SC(=O)N(CCOC)C1=O. The Hall–Kier alpha value is -2.31. The molecule has 3 rings (SSSR count). The molecule has 0 bridgehead atoms. The van der Waals surface area contributed by atoms with Crippen LogP contribution in [-0.2, 0) is 9.53 Å². The third-order valence-electron chi connectivity index (χ3n) is 4.06. The molecular weight excluding hydrogens is 350 g/mol. The van der Waals surface area contributed by atoms with Gasteiger partial charge in [-0.1, -0.05) is 37.3 Å². The molecule has 0 unspecified atom stereocenters. The van der Waals surface area contributed by atoms with E-state index in [4.69, 9.17) is 9.47 Å². The fraction of sp³-hybridized carbons (Fsp3) is 0.300. The smallest absolute Gasteiger partial charge is 0.293 e. The summed E-state index contributed by atoms with van der Waals surface area (Å²) in [5.41, 5.74) is 0.828. The third kappa shape index (κ3) is 3.76.